The van der Waals surface area contributed by atoms with Crippen LogP contribution in [-0.4, -0.2) is 20.0 Å². The number of hydrogen-bond acceptors (Lipinski definition) is 4. The number of hydrogen-bond donors (Lipinski definition) is 1. The van der Waals surface area contributed by atoms with Gasteiger partial charge in [0.25, 0.3) is 5.91 Å². The SMILES string of the molecule is CN(C)c1ccc(NC(=O)c2cc(=O)c3ccccc3o2)cc1. The van der Waals surface area contributed by atoms with E-state index in [2.05, 4.69) is 5.32 Å². The molecule has 0 spiro atoms. The molecular weight excluding hydrogens is 292 g/mol. The largest absolute Gasteiger partial charge is 0.451 e. The first-order chi connectivity index (χ1) is 11.0. The number of carbonyl (C=O) groups excluding carboxylic acids is 1. The summed E-state index contributed by atoms with van der Waals surface area (Å²) in [6.07, 6.45) is 0. The van der Waals surface area contributed by atoms with Gasteiger partial charge < -0.3 is 14.6 Å². The van der Waals surface area contributed by atoms with Crippen molar-refractivity contribution in [3.8, 4) is 0 Å². The van der Waals surface area contributed by atoms with Crippen LogP contribution in [-0.2, 0) is 0 Å². The van der Waals surface area contributed by atoms with Crippen molar-refractivity contribution in [2.24, 2.45) is 0 Å². The number of amides is 1. The molecule has 0 aliphatic heterocycles. The van der Waals surface area contributed by atoms with Crippen LogP contribution in [0.3, 0.4) is 0 Å². The lowest BCUT2D eigenvalue weighted by Gasteiger charge is -2.13. The number of para-hydroxylation sites is 1. The molecular formula is C18H16N2O3. The van der Waals surface area contributed by atoms with Crippen LogP contribution >= 0.6 is 0 Å². The number of carbonyl (C=O) groups is 1. The summed E-state index contributed by atoms with van der Waals surface area (Å²) in [7, 11) is 3.88. The zero-order valence-corrected chi connectivity index (χ0v) is 12.9. The maximum absolute atomic E-state index is 12.3. The number of rotatable bonds is 3. The van der Waals surface area contributed by atoms with Crippen molar-refractivity contribution < 1.29 is 9.21 Å². The van der Waals surface area contributed by atoms with E-state index >= 15 is 0 Å². The van der Waals surface area contributed by atoms with Gasteiger partial charge in [-0.05, 0) is 36.4 Å². The second kappa shape index (κ2) is 5.96. The number of nitrogens with one attached hydrogen (secondary N) is 1. The fraction of sp³-hybridized carbons (Fsp3) is 0.111. The van der Waals surface area contributed by atoms with Crippen LogP contribution in [0.1, 0.15) is 10.6 Å². The predicted octanol–water partition coefficient (Wildman–Crippen LogP) is 3.11. The highest BCUT2D eigenvalue weighted by Crippen LogP contribution is 2.17. The summed E-state index contributed by atoms with van der Waals surface area (Å²) < 4.78 is 5.52. The molecule has 0 atom stereocenters. The Hall–Kier alpha value is -3.08. The summed E-state index contributed by atoms with van der Waals surface area (Å²) in [5, 5.41) is 3.18. The Morgan fingerprint density at radius 1 is 1.04 bits per heavy atom. The molecule has 0 fully saturated rings. The van der Waals surface area contributed by atoms with Crippen molar-refractivity contribution in [1.82, 2.24) is 0 Å². The van der Waals surface area contributed by atoms with Gasteiger partial charge in [0.1, 0.15) is 5.58 Å². The fourth-order valence-corrected chi connectivity index (χ4v) is 2.25. The molecule has 0 aliphatic rings. The molecule has 0 unspecified atom stereocenters. The molecule has 0 bridgehead atoms. The Morgan fingerprint density at radius 3 is 2.43 bits per heavy atom. The van der Waals surface area contributed by atoms with Gasteiger partial charge in [0, 0.05) is 31.5 Å². The van der Waals surface area contributed by atoms with Gasteiger partial charge in [-0.1, -0.05) is 12.1 Å². The number of benzene rings is 2. The van der Waals surface area contributed by atoms with Crippen LogP contribution in [0.2, 0.25) is 0 Å². The highest BCUT2D eigenvalue weighted by molar-refractivity contribution is 6.03. The molecule has 3 rings (SSSR count). The standard InChI is InChI=1S/C18H16N2O3/c1-20(2)13-9-7-12(8-10-13)19-18(22)17-11-15(21)14-5-3-4-6-16(14)23-17/h3-11H,1-2H3,(H,19,22). The van der Waals surface area contributed by atoms with Crippen LogP contribution in [0, 0.1) is 0 Å². The third-order valence-electron chi connectivity index (χ3n) is 3.50. The predicted molar refractivity (Wildman–Crippen MR) is 91.2 cm³/mol. The van der Waals surface area contributed by atoms with Crippen molar-refractivity contribution in [2.45, 2.75) is 0 Å². The van der Waals surface area contributed by atoms with Crippen molar-refractivity contribution in [3.63, 3.8) is 0 Å². The average Bonchev–Trinajstić information content (AvgIpc) is 2.55. The first-order valence-corrected chi connectivity index (χ1v) is 7.16. The third-order valence-corrected chi connectivity index (χ3v) is 3.50. The summed E-state index contributed by atoms with van der Waals surface area (Å²) in [6, 6.07) is 15.4. The van der Waals surface area contributed by atoms with E-state index in [9.17, 15) is 9.59 Å². The monoisotopic (exact) mass is 308 g/mol. The Morgan fingerprint density at radius 2 is 1.74 bits per heavy atom. The van der Waals surface area contributed by atoms with E-state index in [-0.39, 0.29) is 11.2 Å². The zero-order valence-electron chi connectivity index (χ0n) is 12.9. The normalized spacial score (nSPS) is 10.5. The summed E-state index contributed by atoms with van der Waals surface area (Å²) in [4.78, 5) is 26.3. The Kier molecular flexibility index (Phi) is 3.85. The number of nitrogens with zero attached hydrogens (tertiary/aromatic N) is 1. The fourth-order valence-electron chi connectivity index (χ4n) is 2.25. The maximum Gasteiger partial charge on any atom is 0.291 e. The van der Waals surface area contributed by atoms with Gasteiger partial charge in [-0.25, -0.2) is 0 Å². The minimum atomic E-state index is -0.453. The van der Waals surface area contributed by atoms with Gasteiger partial charge >= 0.3 is 0 Å². The van der Waals surface area contributed by atoms with E-state index in [0.29, 0.717) is 16.7 Å². The van der Waals surface area contributed by atoms with Gasteiger partial charge in [-0.3, -0.25) is 9.59 Å². The molecule has 2 aromatic carbocycles. The smallest absolute Gasteiger partial charge is 0.291 e. The average molecular weight is 308 g/mol. The molecule has 0 saturated heterocycles. The molecule has 5 nitrogen and oxygen atoms in total. The van der Waals surface area contributed by atoms with Crippen molar-refractivity contribution >= 4 is 28.3 Å². The molecule has 1 aromatic heterocycles. The van der Waals surface area contributed by atoms with Crippen molar-refractivity contribution in [1.29, 1.82) is 0 Å². The van der Waals surface area contributed by atoms with Gasteiger partial charge in [0.15, 0.2) is 11.2 Å². The van der Waals surface area contributed by atoms with Crippen LogP contribution in [0.4, 0.5) is 11.4 Å². The van der Waals surface area contributed by atoms with Gasteiger partial charge in [0.05, 0.1) is 5.39 Å². The summed E-state index contributed by atoms with van der Waals surface area (Å²) in [5.41, 5.74) is 1.82. The van der Waals surface area contributed by atoms with Crippen LogP contribution < -0.4 is 15.6 Å². The lowest BCUT2D eigenvalue weighted by molar-refractivity contribution is 0.0997. The number of anilines is 2. The van der Waals surface area contributed by atoms with Crippen LogP contribution in [0.5, 0.6) is 0 Å². The molecule has 0 saturated carbocycles. The Labute approximate surface area is 133 Å². The van der Waals surface area contributed by atoms with E-state index in [4.69, 9.17) is 4.42 Å². The van der Waals surface area contributed by atoms with E-state index in [1.54, 1.807) is 36.4 Å². The van der Waals surface area contributed by atoms with Crippen LogP contribution in [0.15, 0.2) is 63.8 Å². The molecule has 116 valence electrons. The van der Waals surface area contributed by atoms with Gasteiger partial charge in [0.2, 0.25) is 0 Å². The minimum Gasteiger partial charge on any atom is -0.451 e. The van der Waals surface area contributed by atoms with Crippen molar-refractivity contribution in [3.05, 3.63) is 70.6 Å². The van der Waals surface area contributed by atoms with Crippen LogP contribution in [0.25, 0.3) is 11.0 Å². The zero-order chi connectivity index (χ0) is 16.4. The van der Waals surface area contributed by atoms with Crippen molar-refractivity contribution in [2.75, 3.05) is 24.3 Å². The highest BCUT2D eigenvalue weighted by atomic mass is 16.3. The molecule has 0 radical (unpaired) electrons. The topological polar surface area (TPSA) is 62.6 Å². The first kappa shape index (κ1) is 14.8. The Balaban J connectivity index is 1.87. The van der Waals surface area contributed by atoms with E-state index in [1.165, 1.54) is 6.07 Å². The summed E-state index contributed by atoms with van der Waals surface area (Å²) in [6.45, 7) is 0. The summed E-state index contributed by atoms with van der Waals surface area (Å²) in [5.74, 6) is -0.462. The summed E-state index contributed by atoms with van der Waals surface area (Å²) >= 11 is 0. The molecule has 0 aliphatic carbocycles. The van der Waals surface area contributed by atoms with E-state index in [0.717, 1.165) is 5.69 Å². The molecule has 1 amide bonds. The second-order valence-corrected chi connectivity index (χ2v) is 5.37. The molecule has 1 heterocycles. The highest BCUT2D eigenvalue weighted by Gasteiger charge is 2.12. The Bertz CT molecular complexity index is 911. The lowest BCUT2D eigenvalue weighted by Crippen LogP contribution is -2.15. The maximum atomic E-state index is 12.3. The quantitative estimate of drug-likeness (QED) is 0.807. The molecule has 23 heavy (non-hydrogen) atoms. The lowest BCUT2D eigenvalue weighted by atomic mass is 10.2. The van der Waals surface area contributed by atoms with E-state index in [1.807, 2.05) is 31.1 Å². The third kappa shape index (κ3) is 3.08. The van der Waals surface area contributed by atoms with E-state index < -0.39 is 5.91 Å². The number of fused-ring (bicyclic) bond motifs is 1. The van der Waals surface area contributed by atoms with Gasteiger partial charge in [-0.15, -0.1) is 0 Å². The molecule has 5 heteroatoms. The second-order valence-electron chi connectivity index (χ2n) is 5.37. The van der Waals surface area contributed by atoms with Gasteiger partial charge in [-0.2, -0.15) is 0 Å². The molecule has 3 aromatic rings. The molecule has 1 N–H and O–H groups in total. The first-order valence-electron chi connectivity index (χ1n) is 7.16. The minimum absolute atomic E-state index is 0.00890.